The van der Waals surface area contributed by atoms with E-state index in [1.54, 1.807) is 12.1 Å². The molecule has 0 radical (unpaired) electrons. The minimum Gasteiger partial charge on any atom is -0.353 e. The van der Waals surface area contributed by atoms with E-state index in [0.29, 0.717) is 24.3 Å². The van der Waals surface area contributed by atoms with Crippen LogP contribution in [-0.4, -0.2) is 17.7 Å². The van der Waals surface area contributed by atoms with Gasteiger partial charge in [-0.25, -0.2) is 0 Å². The Balaban J connectivity index is 1.43. The van der Waals surface area contributed by atoms with Gasteiger partial charge in [0.05, 0.1) is 0 Å². The molecule has 0 saturated heterocycles. The lowest BCUT2D eigenvalue weighted by atomic mass is 9.84. The smallest absolute Gasteiger partial charge is 0.220 e. The second-order valence-electron chi connectivity index (χ2n) is 6.98. The van der Waals surface area contributed by atoms with E-state index in [1.165, 1.54) is 25.7 Å². The molecule has 1 aromatic rings. The maximum Gasteiger partial charge on any atom is 0.220 e. The van der Waals surface area contributed by atoms with Gasteiger partial charge in [0.15, 0.2) is 5.78 Å². The summed E-state index contributed by atoms with van der Waals surface area (Å²) in [6, 6.07) is 9.45. The van der Waals surface area contributed by atoms with Crippen LogP contribution in [0.5, 0.6) is 0 Å². The number of fused-ring (bicyclic) bond motifs is 2. The molecule has 3 rings (SSSR count). The molecule has 0 aromatic heterocycles. The minimum atomic E-state index is 0.0135. The maximum atomic E-state index is 12.1. The van der Waals surface area contributed by atoms with E-state index in [1.807, 2.05) is 18.2 Å². The van der Waals surface area contributed by atoms with Gasteiger partial charge in [-0.2, -0.15) is 0 Å². The summed E-state index contributed by atoms with van der Waals surface area (Å²) in [5.41, 5.74) is 0.691. The van der Waals surface area contributed by atoms with Gasteiger partial charge >= 0.3 is 0 Å². The van der Waals surface area contributed by atoms with Gasteiger partial charge in [-0.1, -0.05) is 36.8 Å². The fourth-order valence-corrected chi connectivity index (χ4v) is 4.33. The molecule has 2 fully saturated rings. The zero-order chi connectivity index (χ0) is 15.5. The van der Waals surface area contributed by atoms with E-state index < -0.39 is 0 Å². The normalized spacial score (nSPS) is 27.6. The van der Waals surface area contributed by atoms with Crippen LogP contribution in [0.2, 0.25) is 0 Å². The second kappa shape index (κ2) is 6.64. The Bertz CT molecular complexity index is 540. The van der Waals surface area contributed by atoms with Gasteiger partial charge in [-0.15, -0.1) is 0 Å². The van der Waals surface area contributed by atoms with Crippen molar-refractivity contribution < 1.29 is 9.59 Å². The second-order valence-corrected chi connectivity index (χ2v) is 6.98. The molecular weight excluding hydrogens is 274 g/mol. The fourth-order valence-electron chi connectivity index (χ4n) is 4.33. The number of amides is 1. The van der Waals surface area contributed by atoms with Crippen LogP contribution in [0.25, 0.3) is 0 Å². The Morgan fingerprint density at radius 1 is 1.14 bits per heavy atom. The van der Waals surface area contributed by atoms with Crippen molar-refractivity contribution in [1.29, 1.82) is 0 Å². The molecule has 2 saturated carbocycles. The van der Waals surface area contributed by atoms with Crippen molar-refractivity contribution in [2.75, 3.05) is 0 Å². The third kappa shape index (κ3) is 3.40. The topological polar surface area (TPSA) is 46.2 Å². The Hall–Kier alpha value is -1.64. The van der Waals surface area contributed by atoms with Crippen molar-refractivity contribution in [3.8, 4) is 0 Å². The average molecular weight is 299 g/mol. The van der Waals surface area contributed by atoms with Crippen molar-refractivity contribution in [2.45, 2.75) is 51.5 Å². The molecule has 2 aliphatic rings. The molecule has 3 nitrogen and oxygen atoms in total. The molecule has 0 aliphatic heterocycles. The lowest BCUT2D eigenvalue weighted by molar-refractivity contribution is -0.122. The zero-order valence-corrected chi connectivity index (χ0v) is 13.3. The number of Topliss-reactive ketones (excluding diaryl/α,β-unsaturated/α-hetero) is 1. The highest BCUT2D eigenvalue weighted by Gasteiger charge is 2.42. The number of nitrogens with one attached hydrogen (secondary N) is 1. The molecule has 0 spiro atoms. The Morgan fingerprint density at radius 3 is 2.55 bits per heavy atom. The van der Waals surface area contributed by atoms with Crippen LogP contribution in [0.3, 0.4) is 0 Å². The van der Waals surface area contributed by atoms with Crippen LogP contribution >= 0.6 is 0 Å². The predicted octanol–water partition coefficient (Wildman–Crippen LogP) is 3.59. The van der Waals surface area contributed by atoms with Gasteiger partial charge < -0.3 is 5.32 Å². The van der Waals surface area contributed by atoms with Crippen LogP contribution in [0.15, 0.2) is 30.3 Å². The van der Waals surface area contributed by atoms with E-state index in [9.17, 15) is 9.59 Å². The molecule has 2 aliphatic carbocycles. The number of rotatable bonds is 6. The summed E-state index contributed by atoms with van der Waals surface area (Å²) in [5.74, 6) is 2.41. The Kier molecular flexibility index (Phi) is 4.60. The number of carbonyl (C=O) groups excluding carboxylic acids is 2. The van der Waals surface area contributed by atoms with Crippen molar-refractivity contribution in [1.82, 2.24) is 5.32 Å². The summed E-state index contributed by atoms with van der Waals surface area (Å²) in [6.07, 6.45) is 5.93. The zero-order valence-electron chi connectivity index (χ0n) is 13.3. The quantitative estimate of drug-likeness (QED) is 0.816. The highest BCUT2D eigenvalue weighted by Crippen LogP contribution is 2.49. The lowest BCUT2D eigenvalue weighted by Gasteiger charge is -2.28. The number of hydrogen-bond acceptors (Lipinski definition) is 2. The maximum absolute atomic E-state index is 12.1. The van der Waals surface area contributed by atoms with E-state index >= 15 is 0 Å². The van der Waals surface area contributed by atoms with Crippen molar-refractivity contribution in [3.05, 3.63) is 35.9 Å². The fraction of sp³-hybridized carbons (Fsp3) is 0.579. The third-order valence-corrected chi connectivity index (χ3v) is 5.50. The SMILES string of the molecule is CC(NC(=O)CCC(=O)c1ccccc1)C1CC2CCC1C2. The highest BCUT2D eigenvalue weighted by molar-refractivity contribution is 5.97. The molecule has 4 unspecified atom stereocenters. The molecule has 22 heavy (non-hydrogen) atoms. The van der Waals surface area contributed by atoms with Gasteiger partial charge in [0, 0.05) is 24.4 Å². The van der Waals surface area contributed by atoms with Crippen LogP contribution in [-0.2, 0) is 4.79 Å². The van der Waals surface area contributed by atoms with Gasteiger partial charge in [-0.05, 0) is 43.9 Å². The van der Waals surface area contributed by atoms with Crippen LogP contribution in [0, 0.1) is 17.8 Å². The first-order valence-corrected chi connectivity index (χ1v) is 8.51. The average Bonchev–Trinajstić information content (AvgIpc) is 3.16. The number of benzene rings is 1. The highest BCUT2D eigenvalue weighted by atomic mass is 16.2. The molecule has 1 amide bonds. The largest absolute Gasteiger partial charge is 0.353 e. The lowest BCUT2D eigenvalue weighted by Crippen LogP contribution is -2.40. The van der Waals surface area contributed by atoms with Crippen molar-refractivity contribution in [3.63, 3.8) is 0 Å². The van der Waals surface area contributed by atoms with Gasteiger partial charge in [-0.3, -0.25) is 9.59 Å². The first kappa shape index (κ1) is 15.3. The van der Waals surface area contributed by atoms with E-state index in [4.69, 9.17) is 0 Å². The number of ketones is 1. The van der Waals surface area contributed by atoms with Crippen LogP contribution in [0.1, 0.15) is 55.8 Å². The predicted molar refractivity (Wildman–Crippen MR) is 86.5 cm³/mol. The number of hydrogen-bond donors (Lipinski definition) is 1. The Labute approximate surface area is 132 Å². The summed E-state index contributed by atoms with van der Waals surface area (Å²) in [4.78, 5) is 24.1. The first-order valence-electron chi connectivity index (χ1n) is 8.51. The van der Waals surface area contributed by atoms with Crippen LogP contribution in [0.4, 0.5) is 0 Å². The van der Waals surface area contributed by atoms with Gasteiger partial charge in [0.1, 0.15) is 0 Å². The molecule has 1 aromatic carbocycles. The minimum absolute atomic E-state index is 0.0135. The monoisotopic (exact) mass is 299 g/mol. The summed E-state index contributed by atoms with van der Waals surface area (Å²) in [6.45, 7) is 2.13. The summed E-state index contributed by atoms with van der Waals surface area (Å²) >= 11 is 0. The van der Waals surface area contributed by atoms with Crippen molar-refractivity contribution in [2.24, 2.45) is 17.8 Å². The van der Waals surface area contributed by atoms with Gasteiger partial charge in [0.25, 0.3) is 0 Å². The Morgan fingerprint density at radius 2 is 1.91 bits per heavy atom. The molecular formula is C19H25NO2. The third-order valence-electron chi connectivity index (χ3n) is 5.50. The van der Waals surface area contributed by atoms with Gasteiger partial charge in [0.2, 0.25) is 5.91 Å². The summed E-state index contributed by atoms with van der Waals surface area (Å²) in [5, 5.41) is 3.12. The summed E-state index contributed by atoms with van der Waals surface area (Å²) < 4.78 is 0. The first-order chi connectivity index (χ1) is 10.6. The molecule has 118 valence electrons. The van der Waals surface area contributed by atoms with Crippen LogP contribution < -0.4 is 5.32 Å². The molecule has 1 N–H and O–H groups in total. The van der Waals surface area contributed by atoms with E-state index in [-0.39, 0.29) is 17.7 Å². The van der Waals surface area contributed by atoms with E-state index in [0.717, 1.165) is 11.8 Å². The molecule has 3 heteroatoms. The van der Waals surface area contributed by atoms with Crippen molar-refractivity contribution >= 4 is 11.7 Å². The molecule has 4 atom stereocenters. The van der Waals surface area contributed by atoms with E-state index in [2.05, 4.69) is 12.2 Å². The number of carbonyl (C=O) groups is 2. The summed E-state index contributed by atoms with van der Waals surface area (Å²) in [7, 11) is 0. The molecule has 0 heterocycles. The standard InChI is InChI=1S/C19H25NO2/c1-13(17-12-14-7-8-16(17)11-14)20-19(22)10-9-18(21)15-5-3-2-4-6-15/h2-6,13-14,16-17H,7-12H2,1H3,(H,20,22). The molecule has 2 bridgehead atoms.